The molecule has 0 atom stereocenters. The summed E-state index contributed by atoms with van der Waals surface area (Å²) in [5, 5.41) is 7.53. The summed E-state index contributed by atoms with van der Waals surface area (Å²) in [5.41, 5.74) is 1.27. The van der Waals surface area contributed by atoms with Crippen LogP contribution >= 0.6 is 0 Å². The molecule has 1 aromatic rings. The van der Waals surface area contributed by atoms with Crippen molar-refractivity contribution in [3.05, 3.63) is 18.0 Å². The number of ether oxygens (including phenoxy) is 1. The summed E-state index contributed by atoms with van der Waals surface area (Å²) in [6.07, 6.45) is 4.21. The molecular formula is C11H19N3O. The van der Waals surface area contributed by atoms with Gasteiger partial charge in [-0.3, -0.25) is 4.68 Å². The maximum atomic E-state index is 5.35. The molecule has 2 heterocycles. The molecule has 0 spiro atoms. The Labute approximate surface area is 90.6 Å². The lowest BCUT2D eigenvalue weighted by molar-refractivity contribution is 0.0598. The number of rotatable bonds is 4. The number of aromatic nitrogens is 2. The van der Waals surface area contributed by atoms with Crippen molar-refractivity contribution in [1.29, 1.82) is 0 Å². The number of nitrogens with one attached hydrogen (secondary N) is 1. The molecule has 0 radical (unpaired) electrons. The van der Waals surface area contributed by atoms with E-state index in [1.165, 1.54) is 18.5 Å². The summed E-state index contributed by atoms with van der Waals surface area (Å²) in [6.45, 7) is 3.75. The van der Waals surface area contributed by atoms with Gasteiger partial charge in [-0.2, -0.15) is 5.10 Å². The van der Waals surface area contributed by atoms with Crippen molar-refractivity contribution in [3.8, 4) is 0 Å². The minimum Gasteiger partial charge on any atom is -0.381 e. The molecule has 4 nitrogen and oxygen atoms in total. The first kappa shape index (κ1) is 10.6. The van der Waals surface area contributed by atoms with E-state index < -0.39 is 0 Å². The van der Waals surface area contributed by atoms with E-state index in [-0.39, 0.29) is 0 Å². The molecule has 0 bridgehead atoms. The zero-order valence-corrected chi connectivity index (χ0v) is 9.28. The zero-order valence-electron chi connectivity index (χ0n) is 9.28. The molecule has 1 fully saturated rings. The first-order valence-electron chi connectivity index (χ1n) is 5.63. The average Bonchev–Trinajstić information content (AvgIpc) is 2.68. The lowest BCUT2D eigenvalue weighted by atomic mass is 10.0. The first-order valence-corrected chi connectivity index (χ1v) is 5.63. The van der Waals surface area contributed by atoms with Gasteiger partial charge in [-0.1, -0.05) is 0 Å². The SMILES string of the molecule is CNCc1ccnn1CC1CCOCC1. The van der Waals surface area contributed by atoms with Gasteiger partial charge >= 0.3 is 0 Å². The smallest absolute Gasteiger partial charge is 0.0522 e. The molecule has 1 aliphatic heterocycles. The Hall–Kier alpha value is -0.870. The molecule has 0 aliphatic carbocycles. The summed E-state index contributed by atoms with van der Waals surface area (Å²) < 4.78 is 7.47. The Bertz CT molecular complexity index is 292. The summed E-state index contributed by atoms with van der Waals surface area (Å²) in [6, 6.07) is 2.08. The van der Waals surface area contributed by atoms with Crippen molar-refractivity contribution in [2.45, 2.75) is 25.9 Å². The third-order valence-electron chi connectivity index (χ3n) is 2.93. The Morgan fingerprint density at radius 2 is 2.33 bits per heavy atom. The van der Waals surface area contributed by atoms with Crippen molar-refractivity contribution in [2.75, 3.05) is 20.3 Å². The minimum absolute atomic E-state index is 0.731. The van der Waals surface area contributed by atoms with Crippen molar-refractivity contribution in [1.82, 2.24) is 15.1 Å². The van der Waals surface area contributed by atoms with Crippen LogP contribution in [0.4, 0.5) is 0 Å². The maximum Gasteiger partial charge on any atom is 0.0522 e. The molecule has 1 aliphatic rings. The molecule has 0 amide bonds. The van der Waals surface area contributed by atoms with E-state index in [2.05, 4.69) is 21.2 Å². The second-order valence-corrected chi connectivity index (χ2v) is 4.09. The highest BCUT2D eigenvalue weighted by Crippen LogP contribution is 2.17. The fourth-order valence-corrected chi connectivity index (χ4v) is 2.03. The van der Waals surface area contributed by atoms with Crippen LogP contribution in [0.1, 0.15) is 18.5 Å². The van der Waals surface area contributed by atoms with E-state index >= 15 is 0 Å². The fourth-order valence-electron chi connectivity index (χ4n) is 2.03. The quantitative estimate of drug-likeness (QED) is 0.805. The Morgan fingerprint density at radius 3 is 3.07 bits per heavy atom. The monoisotopic (exact) mass is 209 g/mol. The van der Waals surface area contributed by atoms with E-state index in [0.717, 1.165) is 32.2 Å². The second-order valence-electron chi connectivity index (χ2n) is 4.09. The van der Waals surface area contributed by atoms with Crippen LogP contribution in [-0.4, -0.2) is 30.0 Å². The number of hydrogen-bond donors (Lipinski definition) is 1. The van der Waals surface area contributed by atoms with Gasteiger partial charge in [0.15, 0.2) is 0 Å². The Morgan fingerprint density at radius 1 is 1.53 bits per heavy atom. The second kappa shape index (κ2) is 5.28. The third kappa shape index (κ3) is 2.79. The molecule has 15 heavy (non-hydrogen) atoms. The van der Waals surface area contributed by atoms with Crippen LogP contribution < -0.4 is 5.32 Å². The average molecular weight is 209 g/mol. The summed E-state index contributed by atoms with van der Waals surface area (Å²) >= 11 is 0. The van der Waals surface area contributed by atoms with Gasteiger partial charge in [0, 0.05) is 32.5 Å². The third-order valence-corrected chi connectivity index (χ3v) is 2.93. The topological polar surface area (TPSA) is 39.1 Å². The first-order chi connectivity index (χ1) is 7.40. The molecule has 1 N–H and O–H groups in total. The van der Waals surface area contributed by atoms with Gasteiger partial charge in [0.1, 0.15) is 0 Å². The highest BCUT2D eigenvalue weighted by molar-refractivity contribution is 5.00. The maximum absolute atomic E-state index is 5.35. The Balaban J connectivity index is 1.93. The van der Waals surface area contributed by atoms with E-state index in [0.29, 0.717) is 0 Å². The van der Waals surface area contributed by atoms with Crippen molar-refractivity contribution in [3.63, 3.8) is 0 Å². The minimum atomic E-state index is 0.731. The van der Waals surface area contributed by atoms with Gasteiger partial charge in [-0.25, -0.2) is 0 Å². The normalized spacial score (nSPS) is 18.2. The van der Waals surface area contributed by atoms with Crippen LogP contribution in [0.25, 0.3) is 0 Å². The fraction of sp³-hybridized carbons (Fsp3) is 0.727. The van der Waals surface area contributed by atoms with Gasteiger partial charge in [0.05, 0.1) is 5.69 Å². The van der Waals surface area contributed by atoms with E-state index in [9.17, 15) is 0 Å². The van der Waals surface area contributed by atoms with Crippen LogP contribution in [-0.2, 0) is 17.8 Å². The molecule has 2 rings (SSSR count). The number of nitrogens with zero attached hydrogens (tertiary/aromatic N) is 2. The van der Waals surface area contributed by atoms with Crippen molar-refractivity contribution in [2.24, 2.45) is 5.92 Å². The van der Waals surface area contributed by atoms with Gasteiger partial charge in [0.2, 0.25) is 0 Å². The van der Waals surface area contributed by atoms with Crippen LogP contribution in [0.5, 0.6) is 0 Å². The van der Waals surface area contributed by atoms with E-state index in [1.54, 1.807) is 0 Å². The van der Waals surface area contributed by atoms with Gasteiger partial charge < -0.3 is 10.1 Å². The highest BCUT2D eigenvalue weighted by atomic mass is 16.5. The molecule has 1 saturated heterocycles. The van der Waals surface area contributed by atoms with Gasteiger partial charge in [0.25, 0.3) is 0 Å². The summed E-state index contributed by atoms with van der Waals surface area (Å²) in [5.74, 6) is 0.731. The number of hydrogen-bond acceptors (Lipinski definition) is 3. The van der Waals surface area contributed by atoms with E-state index in [4.69, 9.17) is 4.74 Å². The van der Waals surface area contributed by atoms with Crippen molar-refractivity contribution >= 4 is 0 Å². The van der Waals surface area contributed by atoms with E-state index in [1.807, 2.05) is 13.2 Å². The summed E-state index contributed by atoms with van der Waals surface area (Å²) in [7, 11) is 1.96. The lowest BCUT2D eigenvalue weighted by Crippen LogP contribution is -2.22. The predicted octanol–water partition coefficient (Wildman–Crippen LogP) is 1.03. The van der Waals surface area contributed by atoms with Crippen LogP contribution in [0.3, 0.4) is 0 Å². The van der Waals surface area contributed by atoms with Gasteiger partial charge in [-0.15, -0.1) is 0 Å². The predicted molar refractivity (Wildman–Crippen MR) is 58.5 cm³/mol. The zero-order chi connectivity index (χ0) is 10.5. The van der Waals surface area contributed by atoms with Crippen LogP contribution in [0.2, 0.25) is 0 Å². The van der Waals surface area contributed by atoms with Gasteiger partial charge in [-0.05, 0) is 31.9 Å². The summed E-state index contributed by atoms with van der Waals surface area (Å²) in [4.78, 5) is 0. The Kier molecular flexibility index (Phi) is 3.75. The molecule has 0 unspecified atom stereocenters. The molecular weight excluding hydrogens is 190 g/mol. The van der Waals surface area contributed by atoms with Crippen LogP contribution in [0.15, 0.2) is 12.3 Å². The molecule has 4 heteroatoms. The standard InChI is InChI=1S/C11H19N3O/c1-12-8-11-2-5-13-14(11)9-10-3-6-15-7-4-10/h2,5,10,12H,3-4,6-9H2,1H3. The molecule has 0 saturated carbocycles. The highest BCUT2D eigenvalue weighted by Gasteiger charge is 2.15. The van der Waals surface area contributed by atoms with Crippen LogP contribution in [0, 0.1) is 5.92 Å². The lowest BCUT2D eigenvalue weighted by Gasteiger charge is -2.22. The molecule has 1 aromatic heterocycles. The largest absolute Gasteiger partial charge is 0.381 e. The van der Waals surface area contributed by atoms with Crippen molar-refractivity contribution < 1.29 is 4.74 Å². The molecule has 84 valence electrons. The molecule has 0 aromatic carbocycles.